The number of imidazole rings is 1. The molecule has 1 heterocycles. The standard InChI is InChI=1S/C12H22N4/c1-15(2)7-3-6-13-8-12-9-14-10-16(12)11-4-5-11/h9-11,13H,3-8H2,1-2H3. The van der Waals surface area contributed by atoms with Crippen molar-refractivity contribution in [2.24, 2.45) is 0 Å². The minimum Gasteiger partial charge on any atom is -0.330 e. The molecule has 4 nitrogen and oxygen atoms in total. The highest BCUT2D eigenvalue weighted by Crippen LogP contribution is 2.35. The SMILES string of the molecule is CN(C)CCCNCc1cncn1C1CC1. The Bertz CT molecular complexity index is 315. The van der Waals surface area contributed by atoms with Crippen LogP contribution in [0.2, 0.25) is 0 Å². The van der Waals surface area contributed by atoms with E-state index >= 15 is 0 Å². The second kappa shape index (κ2) is 5.46. The van der Waals surface area contributed by atoms with Crippen LogP contribution in [0, 0.1) is 0 Å². The average molecular weight is 222 g/mol. The molecule has 1 aromatic rings. The Balaban J connectivity index is 1.67. The zero-order chi connectivity index (χ0) is 11.4. The van der Waals surface area contributed by atoms with E-state index in [1.165, 1.54) is 25.0 Å². The van der Waals surface area contributed by atoms with Gasteiger partial charge in [-0.3, -0.25) is 0 Å². The zero-order valence-corrected chi connectivity index (χ0v) is 10.3. The van der Waals surface area contributed by atoms with Crippen LogP contribution in [0.4, 0.5) is 0 Å². The number of nitrogens with zero attached hydrogens (tertiary/aromatic N) is 3. The van der Waals surface area contributed by atoms with Gasteiger partial charge in [-0.05, 0) is 46.4 Å². The number of rotatable bonds is 7. The van der Waals surface area contributed by atoms with E-state index in [9.17, 15) is 0 Å². The Morgan fingerprint density at radius 3 is 3.00 bits per heavy atom. The van der Waals surface area contributed by atoms with Gasteiger partial charge >= 0.3 is 0 Å². The van der Waals surface area contributed by atoms with Crippen LogP contribution in [0.5, 0.6) is 0 Å². The van der Waals surface area contributed by atoms with Crippen LogP contribution in [-0.2, 0) is 6.54 Å². The summed E-state index contributed by atoms with van der Waals surface area (Å²) in [5, 5.41) is 3.48. The molecule has 16 heavy (non-hydrogen) atoms. The number of nitrogens with one attached hydrogen (secondary N) is 1. The summed E-state index contributed by atoms with van der Waals surface area (Å²) >= 11 is 0. The smallest absolute Gasteiger partial charge is 0.0951 e. The van der Waals surface area contributed by atoms with Gasteiger partial charge in [0.25, 0.3) is 0 Å². The minimum atomic E-state index is 0.737. The van der Waals surface area contributed by atoms with Crippen molar-refractivity contribution in [3.8, 4) is 0 Å². The van der Waals surface area contributed by atoms with Gasteiger partial charge < -0.3 is 14.8 Å². The Morgan fingerprint density at radius 2 is 2.31 bits per heavy atom. The van der Waals surface area contributed by atoms with Crippen LogP contribution in [0.1, 0.15) is 31.0 Å². The maximum absolute atomic E-state index is 4.23. The van der Waals surface area contributed by atoms with E-state index < -0.39 is 0 Å². The topological polar surface area (TPSA) is 33.1 Å². The highest BCUT2D eigenvalue weighted by atomic mass is 15.1. The monoisotopic (exact) mass is 222 g/mol. The molecule has 0 spiro atoms. The fraction of sp³-hybridized carbons (Fsp3) is 0.750. The van der Waals surface area contributed by atoms with Crippen LogP contribution in [0.15, 0.2) is 12.5 Å². The first kappa shape index (κ1) is 11.6. The summed E-state index contributed by atoms with van der Waals surface area (Å²) in [7, 11) is 4.23. The quantitative estimate of drug-likeness (QED) is 0.705. The van der Waals surface area contributed by atoms with Gasteiger partial charge in [0.1, 0.15) is 0 Å². The molecule has 0 saturated heterocycles. The van der Waals surface area contributed by atoms with Crippen LogP contribution in [0.25, 0.3) is 0 Å². The first-order valence-corrected chi connectivity index (χ1v) is 6.13. The van der Waals surface area contributed by atoms with Crippen molar-refractivity contribution in [3.05, 3.63) is 18.2 Å². The van der Waals surface area contributed by atoms with Crippen molar-refractivity contribution < 1.29 is 0 Å². The van der Waals surface area contributed by atoms with Gasteiger partial charge in [0.05, 0.1) is 12.0 Å². The number of hydrogen-bond acceptors (Lipinski definition) is 3. The summed E-state index contributed by atoms with van der Waals surface area (Å²) in [6, 6.07) is 0.737. The molecule has 4 heteroatoms. The summed E-state index contributed by atoms with van der Waals surface area (Å²) in [5.41, 5.74) is 1.33. The van der Waals surface area contributed by atoms with Crippen LogP contribution in [-0.4, -0.2) is 41.6 Å². The van der Waals surface area contributed by atoms with Crippen molar-refractivity contribution in [1.82, 2.24) is 19.8 Å². The van der Waals surface area contributed by atoms with Crippen molar-refractivity contribution in [3.63, 3.8) is 0 Å². The molecule has 90 valence electrons. The number of hydrogen-bond donors (Lipinski definition) is 1. The van der Waals surface area contributed by atoms with Gasteiger partial charge in [-0.2, -0.15) is 0 Å². The van der Waals surface area contributed by atoms with E-state index in [0.717, 1.165) is 25.7 Å². The van der Waals surface area contributed by atoms with Crippen molar-refractivity contribution in [2.75, 3.05) is 27.2 Å². The normalized spacial score (nSPS) is 15.9. The summed E-state index contributed by atoms with van der Waals surface area (Å²) in [6.07, 6.45) is 7.80. The van der Waals surface area contributed by atoms with E-state index in [1.54, 1.807) is 0 Å². The van der Waals surface area contributed by atoms with Crippen molar-refractivity contribution >= 4 is 0 Å². The summed E-state index contributed by atoms with van der Waals surface area (Å²) in [4.78, 5) is 6.44. The first-order valence-electron chi connectivity index (χ1n) is 6.13. The van der Waals surface area contributed by atoms with E-state index in [4.69, 9.17) is 0 Å². The Labute approximate surface area is 97.7 Å². The lowest BCUT2D eigenvalue weighted by Crippen LogP contribution is -2.21. The summed E-state index contributed by atoms with van der Waals surface area (Å²) < 4.78 is 2.32. The fourth-order valence-corrected chi connectivity index (χ4v) is 1.89. The van der Waals surface area contributed by atoms with Gasteiger partial charge in [-0.15, -0.1) is 0 Å². The minimum absolute atomic E-state index is 0.737. The third-order valence-corrected chi connectivity index (χ3v) is 2.95. The molecule has 1 aliphatic rings. The first-order chi connectivity index (χ1) is 7.77. The number of aromatic nitrogens is 2. The molecule has 1 fully saturated rings. The molecule has 2 rings (SSSR count). The fourth-order valence-electron chi connectivity index (χ4n) is 1.89. The highest BCUT2D eigenvalue weighted by molar-refractivity contribution is 5.03. The molecule has 1 aliphatic carbocycles. The van der Waals surface area contributed by atoms with Crippen LogP contribution >= 0.6 is 0 Å². The maximum atomic E-state index is 4.23. The van der Waals surface area contributed by atoms with Gasteiger partial charge in [0.15, 0.2) is 0 Å². The molecule has 1 N–H and O–H groups in total. The molecule has 0 atom stereocenters. The molecule has 1 aromatic heterocycles. The molecule has 0 unspecified atom stereocenters. The molecular weight excluding hydrogens is 200 g/mol. The second-order valence-corrected chi connectivity index (χ2v) is 4.86. The van der Waals surface area contributed by atoms with Crippen LogP contribution in [0.3, 0.4) is 0 Å². The van der Waals surface area contributed by atoms with E-state index in [-0.39, 0.29) is 0 Å². The van der Waals surface area contributed by atoms with E-state index in [2.05, 4.69) is 33.9 Å². The largest absolute Gasteiger partial charge is 0.330 e. The van der Waals surface area contributed by atoms with E-state index in [0.29, 0.717) is 0 Å². The lowest BCUT2D eigenvalue weighted by atomic mass is 10.3. The van der Waals surface area contributed by atoms with Gasteiger partial charge in [-0.1, -0.05) is 0 Å². The average Bonchev–Trinajstić information content (AvgIpc) is 2.98. The highest BCUT2D eigenvalue weighted by Gasteiger charge is 2.24. The Hall–Kier alpha value is -0.870. The molecule has 0 bridgehead atoms. The second-order valence-electron chi connectivity index (χ2n) is 4.86. The van der Waals surface area contributed by atoms with Gasteiger partial charge in [-0.25, -0.2) is 4.98 Å². The molecule has 0 aromatic carbocycles. The van der Waals surface area contributed by atoms with Crippen LogP contribution < -0.4 is 5.32 Å². The van der Waals surface area contributed by atoms with Gasteiger partial charge in [0, 0.05) is 18.8 Å². The summed E-state index contributed by atoms with van der Waals surface area (Å²) in [6.45, 7) is 3.17. The molecular formula is C12H22N4. The van der Waals surface area contributed by atoms with E-state index in [1.807, 2.05) is 12.5 Å². The molecule has 1 saturated carbocycles. The lowest BCUT2D eigenvalue weighted by Gasteiger charge is -2.10. The maximum Gasteiger partial charge on any atom is 0.0951 e. The Morgan fingerprint density at radius 1 is 1.50 bits per heavy atom. The van der Waals surface area contributed by atoms with Crippen molar-refractivity contribution in [1.29, 1.82) is 0 Å². The molecule has 0 amide bonds. The predicted molar refractivity (Wildman–Crippen MR) is 65.4 cm³/mol. The third kappa shape index (κ3) is 3.32. The predicted octanol–water partition coefficient (Wildman–Crippen LogP) is 1.26. The molecule has 0 aliphatic heterocycles. The summed E-state index contributed by atoms with van der Waals surface area (Å²) in [5.74, 6) is 0. The Kier molecular flexibility index (Phi) is 3.96. The zero-order valence-electron chi connectivity index (χ0n) is 10.3. The molecule has 0 radical (unpaired) electrons. The third-order valence-electron chi connectivity index (χ3n) is 2.95. The van der Waals surface area contributed by atoms with Crippen molar-refractivity contribution in [2.45, 2.75) is 31.8 Å². The van der Waals surface area contributed by atoms with Gasteiger partial charge in [0.2, 0.25) is 0 Å². The lowest BCUT2D eigenvalue weighted by molar-refractivity contribution is 0.393.